The fourth-order valence-electron chi connectivity index (χ4n) is 2.89. The number of thioether (sulfide) groups is 1. The van der Waals surface area contributed by atoms with E-state index in [2.05, 4.69) is 27.4 Å². The maximum absolute atomic E-state index is 12.1. The molecule has 0 aliphatic heterocycles. The monoisotopic (exact) mass is 357 g/mol. The molecule has 1 amide bonds. The van der Waals surface area contributed by atoms with Gasteiger partial charge in [0.15, 0.2) is 5.16 Å². The van der Waals surface area contributed by atoms with Gasteiger partial charge >= 0.3 is 0 Å². The number of nitrogens with zero attached hydrogens (tertiary/aromatic N) is 1. The molecule has 7 heteroatoms. The number of H-pyrrole nitrogens is 1. The zero-order chi connectivity index (χ0) is 16.5. The topological polar surface area (TPSA) is 74.8 Å². The Morgan fingerprint density at radius 1 is 1.29 bits per heavy atom. The minimum absolute atomic E-state index is 0.105. The number of hydrogen-bond donors (Lipinski definition) is 2. The lowest BCUT2D eigenvalue weighted by Gasteiger charge is -2.07. The van der Waals surface area contributed by atoms with Crippen LogP contribution in [-0.4, -0.2) is 21.6 Å². The van der Waals surface area contributed by atoms with Crippen molar-refractivity contribution in [3.05, 3.63) is 51.1 Å². The third-order valence-corrected chi connectivity index (χ3v) is 5.72. The van der Waals surface area contributed by atoms with E-state index in [1.807, 2.05) is 11.4 Å². The lowest BCUT2D eigenvalue weighted by atomic mass is 10.1. The number of hydrogen-bond acceptors (Lipinski definition) is 5. The van der Waals surface area contributed by atoms with E-state index in [0.29, 0.717) is 15.4 Å². The van der Waals surface area contributed by atoms with E-state index >= 15 is 0 Å². The van der Waals surface area contributed by atoms with Crippen molar-refractivity contribution in [2.45, 2.75) is 24.4 Å². The van der Waals surface area contributed by atoms with Crippen LogP contribution in [0.15, 0.2) is 39.6 Å². The van der Waals surface area contributed by atoms with Crippen molar-refractivity contribution in [2.75, 3.05) is 11.1 Å². The lowest BCUT2D eigenvalue weighted by molar-refractivity contribution is -0.113. The average molecular weight is 357 g/mol. The first-order valence-electron chi connectivity index (χ1n) is 7.71. The highest BCUT2D eigenvalue weighted by Crippen LogP contribution is 2.25. The van der Waals surface area contributed by atoms with Gasteiger partial charge in [-0.1, -0.05) is 17.8 Å². The van der Waals surface area contributed by atoms with Gasteiger partial charge in [0.25, 0.3) is 5.56 Å². The number of aromatic nitrogens is 2. The van der Waals surface area contributed by atoms with Crippen LogP contribution in [0.25, 0.3) is 10.2 Å². The average Bonchev–Trinajstić information content (AvgIpc) is 3.21. The van der Waals surface area contributed by atoms with Crippen molar-refractivity contribution in [2.24, 2.45) is 0 Å². The highest BCUT2D eigenvalue weighted by Gasteiger charge is 2.12. The summed E-state index contributed by atoms with van der Waals surface area (Å²) in [6.07, 6.45) is 3.40. The number of rotatable bonds is 4. The smallest absolute Gasteiger partial charge is 0.260 e. The third kappa shape index (κ3) is 3.09. The number of carbonyl (C=O) groups is 1. The Kier molecular flexibility index (Phi) is 4.12. The highest BCUT2D eigenvalue weighted by molar-refractivity contribution is 7.99. The van der Waals surface area contributed by atoms with Gasteiger partial charge in [-0.3, -0.25) is 9.59 Å². The number of fused-ring (bicyclic) bond motifs is 2. The zero-order valence-corrected chi connectivity index (χ0v) is 14.4. The van der Waals surface area contributed by atoms with Crippen molar-refractivity contribution >= 4 is 44.9 Å². The van der Waals surface area contributed by atoms with E-state index in [0.717, 1.165) is 18.5 Å². The van der Waals surface area contributed by atoms with Gasteiger partial charge in [-0.15, -0.1) is 11.3 Å². The molecule has 24 heavy (non-hydrogen) atoms. The summed E-state index contributed by atoms with van der Waals surface area (Å²) in [6, 6.07) is 7.85. The van der Waals surface area contributed by atoms with E-state index in [4.69, 9.17) is 0 Å². The molecule has 122 valence electrons. The van der Waals surface area contributed by atoms with E-state index in [1.54, 1.807) is 6.07 Å². The van der Waals surface area contributed by atoms with Crippen molar-refractivity contribution in [3.8, 4) is 0 Å². The number of thiophene rings is 1. The van der Waals surface area contributed by atoms with Gasteiger partial charge in [0, 0.05) is 5.69 Å². The molecule has 2 N–H and O–H groups in total. The minimum atomic E-state index is -0.164. The molecule has 0 saturated carbocycles. The molecule has 0 saturated heterocycles. The predicted molar refractivity (Wildman–Crippen MR) is 98.1 cm³/mol. The molecule has 1 aliphatic rings. The molecule has 4 rings (SSSR count). The molecule has 1 aliphatic carbocycles. The summed E-state index contributed by atoms with van der Waals surface area (Å²) in [7, 11) is 0. The van der Waals surface area contributed by atoms with E-state index in [-0.39, 0.29) is 17.2 Å². The highest BCUT2D eigenvalue weighted by atomic mass is 32.2. The molecule has 0 radical (unpaired) electrons. The van der Waals surface area contributed by atoms with Crippen LogP contribution in [-0.2, 0) is 17.6 Å². The largest absolute Gasteiger partial charge is 0.325 e. The molecule has 3 aromatic rings. The van der Waals surface area contributed by atoms with Crippen molar-refractivity contribution < 1.29 is 4.79 Å². The summed E-state index contributed by atoms with van der Waals surface area (Å²) in [5, 5.41) is 5.81. The molecule has 5 nitrogen and oxygen atoms in total. The molecule has 0 fully saturated rings. The second kappa shape index (κ2) is 6.41. The Labute approximate surface area is 146 Å². The number of carbonyl (C=O) groups excluding carboxylic acids is 1. The van der Waals surface area contributed by atoms with Crippen molar-refractivity contribution in [1.82, 2.24) is 9.97 Å². The van der Waals surface area contributed by atoms with Crippen LogP contribution in [0.3, 0.4) is 0 Å². The normalized spacial score (nSPS) is 13.2. The third-order valence-electron chi connectivity index (χ3n) is 4.04. The summed E-state index contributed by atoms with van der Waals surface area (Å²) in [5.74, 6) is 0.101. The van der Waals surface area contributed by atoms with Gasteiger partial charge in [0.2, 0.25) is 5.91 Å². The van der Waals surface area contributed by atoms with Gasteiger partial charge in [0.05, 0.1) is 11.1 Å². The fourth-order valence-corrected chi connectivity index (χ4v) is 4.38. The molecule has 0 unspecified atom stereocenters. The Hall–Kier alpha value is -2.12. The first-order chi connectivity index (χ1) is 11.7. The van der Waals surface area contributed by atoms with E-state index < -0.39 is 0 Å². The number of nitrogens with one attached hydrogen (secondary N) is 2. The summed E-state index contributed by atoms with van der Waals surface area (Å²) < 4.78 is 0. The fraction of sp³-hybridized carbons (Fsp3) is 0.235. The Morgan fingerprint density at radius 3 is 3.08 bits per heavy atom. The van der Waals surface area contributed by atoms with Crippen LogP contribution >= 0.6 is 23.1 Å². The standard InChI is InChI=1S/C17H15N3O2S2/c21-14(18-12-5-4-10-2-1-3-11(10)8-12)9-24-17-19-15(22)13-6-7-23-16(13)20-17/h4-8H,1-3,9H2,(H,18,21)(H,19,20,22). The molecule has 0 atom stereocenters. The van der Waals surface area contributed by atoms with Crippen LogP contribution in [0.2, 0.25) is 0 Å². The van der Waals surface area contributed by atoms with Gasteiger partial charge in [-0.05, 0) is 54.0 Å². The summed E-state index contributed by atoms with van der Waals surface area (Å²) in [6.45, 7) is 0. The van der Waals surface area contributed by atoms with Crippen LogP contribution < -0.4 is 10.9 Å². The second-order valence-corrected chi connectivity index (χ2v) is 7.54. The summed E-state index contributed by atoms with van der Waals surface area (Å²) >= 11 is 2.65. The number of aromatic amines is 1. The van der Waals surface area contributed by atoms with Crippen LogP contribution in [0.5, 0.6) is 0 Å². The second-order valence-electron chi connectivity index (χ2n) is 5.68. The number of aryl methyl sites for hydroxylation is 2. The molecule has 0 spiro atoms. The Balaban J connectivity index is 1.41. The summed E-state index contributed by atoms with van der Waals surface area (Å²) in [4.78, 5) is 31.8. The number of benzene rings is 1. The first-order valence-corrected chi connectivity index (χ1v) is 9.57. The van der Waals surface area contributed by atoms with E-state index in [9.17, 15) is 9.59 Å². The number of amides is 1. The van der Waals surface area contributed by atoms with E-state index in [1.165, 1.54) is 40.6 Å². The molecular weight excluding hydrogens is 342 g/mol. The van der Waals surface area contributed by atoms with Gasteiger partial charge < -0.3 is 10.3 Å². The predicted octanol–water partition coefficient (Wildman–Crippen LogP) is 3.20. The summed E-state index contributed by atoms with van der Waals surface area (Å²) in [5.41, 5.74) is 3.38. The van der Waals surface area contributed by atoms with Crippen LogP contribution in [0.1, 0.15) is 17.5 Å². The number of anilines is 1. The zero-order valence-electron chi connectivity index (χ0n) is 12.8. The first kappa shape index (κ1) is 15.4. The molecule has 2 aromatic heterocycles. The van der Waals surface area contributed by atoms with Crippen molar-refractivity contribution in [3.63, 3.8) is 0 Å². The molecular formula is C17H15N3O2S2. The SMILES string of the molecule is O=C(CSc1nc2sccc2c(=O)[nH]1)Nc1ccc2c(c1)CCC2. The van der Waals surface area contributed by atoms with Crippen LogP contribution in [0, 0.1) is 0 Å². The Morgan fingerprint density at radius 2 is 2.17 bits per heavy atom. The van der Waals surface area contributed by atoms with Gasteiger partial charge in [-0.25, -0.2) is 4.98 Å². The Bertz CT molecular complexity index is 977. The molecule has 0 bridgehead atoms. The van der Waals surface area contributed by atoms with Crippen molar-refractivity contribution in [1.29, 1.82) is 0 Å². The molecule has 2 heterocycles. The van der Waals surface area contributed by atoms with Crippen LogP contribution in [0.4, 0.5) is 5.69 Å². The maximum atomic E-state index is 12.1. The minimum Gasteiger partial charge on any atom is -0.325 e. The maximum Gasteiger partial charge on any atom is 0.260 e. The van der Waals surface area contributed by atoms with Gasteiger partial charge in [-0.2, -0.15) is 0 Å². The lowest BCUT2D eigenvalue weighted by Crippen LogP contribution is -2.15. The molecule has 1 aromatic carbocycles. The quantitative estimate of drug-likeness (QED) is 0.555. The van der Waals surface area contributed by atoms with Gasteiger partial charge in [0.1, 0.15) is 4.83 Å².